The van der Waals surface area contributed by atoms with Gasteiger partial charge in [-0.15, -0.1) is 0 Å². The van der Waals surface area contributed by atoms with E-state index in [1.165, 1.54) is 10.7 Å². The molecular formula is C20H17ClN2O4. The van der Waals surface area contributed by atoms with E-state index in [1.54, 1.807) is 31.2 Å². The summed E-state index contributed by atoms with van der Waals surface area (Å²) in [4.78, 5) is 24.4. The molecule has 1 aromatic heterocycles. The van der Waals surface area contributed by atoms with Crippen LogP contribution < -0.4 is 10.2 Å². The van der Waals surface area contributed by atoms with Crippen molar-refractivity contribution < 1.29 is 14.3 Å². The van der Waals surface area contributed by atoms with Crippen molar-refractivity contribution in [3.8, 4) is 11.4 Å². The van der Waals surface area contributed by atoms with E-state index in [1.807, 2.05) is 30.3 Å². The summed E-state index contributed by atoms with van der Waals surface area (Å²) in [5.41, 5.74) is 0.605. The maximum Gasteiger partial charge on any atom is 0.363 e. The first-order valence-corrected chi connectivity index (χ1v) is 8.64. The maximum absolute atomic E-state index is 12.3. The van der Waals surface area contributed by atoms with Gasteiger partial charge >= 0.3 is 5.97 Å². The molecule has 0 unspecified atom stereocenters. The highest BCUT2D eigenvalue weighted by Gasteiger charge is 2.16. The normalized spacial score (nSPS) is 10.4. The van der Waals surface area contributed by atoms with Gasteiger partial charge in [-0.05, 0) is 37.3 Å². The summed E-state index contributed by atoms with van der Waals surface area (Å²) in [6, 6.07) is 17.5. The molecule has 3 aromatic rings. The minimum absolute atomic E-state index is 0.0221. The fourth-order valence-corrected chi connectivity index (χ4v) is 2.62. The van der Waals surface area contributed by atoms with Crippen LogP contribution in [0.1, 0.15) is 16.2 Å². The number of nitrogens with zero attached hydrogens (tertiary/aromatic N) is 2. The largest absolute Gasteiger partial charge is 0.490 e. The number of hydrogen-bond acceptors (Lipinski definition) is 5. The van der Waals surface area contributed by atoms with Gasteiger partial charge in [0.05, 0.1) is 5.69 Å². The lowest BCUT2D eigenvalue weighted by atomic mass is 10.3. The number of aromatic nitrogens is 2. The smallest absolute Gasteiger partial charge is 0.363 e. The van der Waals surface area contributed by atoms with Gasteiger partial charge in [-0.3, -0.25) is 4.79 Å². The van der Waals surface area contributed by atoms with Gasteiger partial charge in [0.2, 0.25) is 11.1 Å². The molecule has 7 heteroatoms. The van der Waals surface area contributed by atoms with E-state index in [0.717, 1.165) is 5.69 Å². The molecule has 0 bridgehead atoms. The standard InChI is InChI=1S/C20H17ClN2O4/c1-14-12-18(24)19(22-23(14)16-7-3-2-4-8-16)20(25)27-11-10-26-17-9-5-6-15(21)13-17/h2-9,12-13H,10-11H2,1H3. The first-order chi connectivity index (χ1) is 13.0. The fourth-order valence-electron chi connectivity index (χ4n) is 2.44. The van der Waals surface area contributed by atoms with Crippen LogP contribution in [0.25, 0.3) is 5.69 Å². The zero-order valence-electron chi connectivity index (χ0n) is 14.6. The van der Waals surface area contributed by atoms with Crippen molar-refractivity contribution in [1.82, 2.24) is 9.78 Å². The van der Waals surface area contributed by atoms with Crippen LogP contribution in [-0.4, -0.2) is 29.0 Å². The number of benzene rings is 2. The van der Waals surface area contributed by atoms with Gasteiger partial charge in [0.25, 0.3) is 0 Å². The molecule has 0 N–H and O–H groups in total. The molecule has 0 amide bonds. The summed E-state index contributed by atoms with van der Waals surface area (Å²) in [6.07, 6.45) is 0. The van der Waals surface area contributed by atoms with E-state index >= 15 is 0 Å². The number of rotatable bonds is 6. The summed E-state index contributed by atoms with van der Waals surface area (Å²) < 4.78 is 12.1. The molecule has 0 aliphatic rings. The second-order valence-electron chi connectivity index (χ2n) is 5.69. The Morgan fingerprint density at radius 1 is 1.07 bits per heavy atom. The number of halogens is 1. The Hall–Kier alpha value is -3.12. The summed E-state index contributed by atoms with van der Waals surface area (Å²) in [6.45, 7) is 1.85. The first-order valence-electron chi connectivity index (χ1n) is 8.26. The molecule has 6 nitrogen and oxygen atoms in total. The van der Waals surface area contributed by atoms with Crippen LogP contribution in [0.4, 0.5) is 0 Å². The second kappa shape index (κ2) is 8.51. The number of para-hydroxylation sites is 1. The SMILES string of the molecule is Cc1cc(=O)c(C(=O)OCCOc2cccc(Cl)c2)nn1-c1ccccc1. The molecule has 2 aromatic carbocycles. The number of esters is 1. The van der Waals surface area contributed by atoms with Gasteiger partial charge in [-0.2, -0.15) is 5.10 Å². The summed E-state index contributed by atoms with van der Waals surface area (Å²) in [5.74, 6) is -0.224. The minimum Gasteiger partial charge on any atom is -0.490 e. The highest BCUT2D eigenvalue weighted by molar-refractivity contribution is 6.30. The molecule has 0 aliphatic carbocycles. The first kappa shape index (κ1) is 18.7. The lowest BCUT2D eigenvalue weighted by molar-refractivity contribution is 0.0440. The maximum atomic E-state index is 12.3. The van der Waals surface area contributed by atoms with Crippen LogP contribution in [0, 0.1) is 6.92 Å². The quantitative estimate of drug-likeness (QED) is 0.481. The van der Waals surface area contributed by atoms with E-state index in [9.17, 15) is 9.59 Å². The lowest BCUT2D eigenvalue weighted by Crippen LogP contribution is -2.25. The van der Waals surface area contributed by atoms with Gasteiger partial charge in [-0.1, -0.05) is 35.9 Å². The Kier molecular flexibility index (Phi) is 5.88. The Bertz CT molecular complexity index is 1000. The van der Waals surface area contributed by atoms with Crippen molar-refractivity contribution in [2.75, 3.05) is 13.2 Å². The van der Waals surface area contributed by atoms with Gasteiger partial charge in [0, 0.05) is 16.8 Å². The molecule has 1 heterocycles. The Labute approximate surface area is 160 Å². The fraction of sp³-hybridized carbons (Fsp3) is 0.150. The summed E-state index contributed by atoms with van der Waals surface area (Å²) >= 11 is 5.87. The molecule has 0 atom stereocenters. The molecule has 0 radical (unpaired) electrons. The molecule has 138 valence electrons. The second-order valence-corrected chi connectivity index (χ2v) is 6.12. The van der Waals surface area contributed by atoms with Crippen LogP contribution in [0.2, 0.25) is 5.02 Å². The van der Waals surface area contributed by atoms with E-state index in [0.29, 0.717) is 16.5 Å². The third-order valence-corrected chi connectivity index (χ3v) is 3.92. The monoisotopic (exact) mass is 384 g/mol. The Morgan fingerprint density at radius 3 is 2.59 bits per heavy atom. The number of carbonyl (C=O) groups is 1. The highest BCUT2D eigenvalue weighted by atomic mass is 35.5. The Balaban J connectivity index is 1.67. The Morgan fingerprint density at radius 2 is 1.85 bits per heavy atom. The van der Waals surface area contributed by atoms with Crippen molar-refractivity contribution in [2.45, 2.75) is 6.92 Å². The number of aryl methyl sites for hydroxylation is 1. The van der Waals surface area contributed by atoms with Crippen molar-refractivity contribution in [1.29, 1.82) is 0 Å². The van der Waals surface area contributed by atoms with E-state index in [2.05, 4.69) is 5.10 Å². The van der Waals surface area contributed by atoms with Crippen LogP contribution in [0.5, 0.6) is 5.75 Å². The van der Waals surface area contributed by atoms with Crippen LogP contribution in [0.15, 0.2) is 65.5 Å². The topological polar surface area (TPSA) is 70.4 Å². The zero-order chi connectivity index (χ0) is 19.2. The van der Waals surface area contributed by atoms with Crippen LogP contribution in [0.3, 0.4) is 0 Å². The highest BCUT2D eigenvalue weighted by Crippen LogP contribution is 2.16. The predicted octanol–water partition coefficient (Wildman–Crippen LogP) is 3.43. The molecule has 0 fully saturated rings. The van der Waals surface area contributed by atoms with E-state index < -0.39 is 11.4 Å². The molecular weight excluding hydrogens is 368 g/mol. The predicted molar refractivity (Wildman–Crippen MR) is 102 cm³/mol. The zero-order valence-corrected chi connectivity index (χ0v) is 15.3. The molecule has 3 rings (SSSR count). The summed E-state index contributed by atoms with van der Waals surface area (Å²) in [5, 5.41) is 4.71. The molecule has 27 heavy (non-hydrogen) atoms. The molecule has 0 aliphatic heterocycles. The third kappa shape index (κ3) is 4.74. The average molecular weight is 385 g/mol. The van der Waals surface area contributed by atoms with E-state index in [4.69, 9.17) is 21.1 Å². The van der Waals surface area contributed by atoms with Crippen LogP contribution in [-0.2, 0) is 4.74 Å². The van der Waals surface area contributed by atoms with Gasteiger partial charge < -0.3 is 9.47 Å². The number of carbonyl (C=O) groups excluding carboxylic acids is 1. The molecule has 0 saturated heterocycles. The van der Waals surface area contributed by atoms with Crippen molar-refractivity contribution >= 4 is 17.6 Å². The van der Waals surface area contributed by atoms with Gasteiger partial charge in [-0.25, -0.2) is 9.48 Å². The van der Waals surface area contributed by atoms with Crippen molar-refractivity contribution in [3.05, 3.63) is 87.3 Å². The van der Waals surface area contributed by atoms with Crippen LogP contribution >= 0.6 is 11.6 Å². The minimum atomic E-state index is -0.792. The van der Waals surface area contributed by atoms with E-state index in [-0.39, 0.29) is 18.9 Å². The third-order valence-electron chi connectivity index (χ3n) is 3.68. The lowest BCUT2D eigenvalue weighted by Gasteiger charge is -2.11. The number of hydrogen-bond donors (Lipinski definition) is 0. The van der Waals surface area contributed by atoms with Gasteiger partial charge in [0.15, 0.2) is 0 Å². The van der Waals surface area contributed by atoms with Gasteiger partial charge in [0.1, 0.15) is 19.0 Å². The average Bonchev–Trinajstić information content (AvgIpc) is 2.66. The molecule has 0 saturated carbocycles. The number of ether oxygens (including phenoxy) is 2. The molecule has 0 spiro atoms. The van der Waals surface area contributed by atoms with Crippen molar-refractivity contribution in [3.63, 3.8) is 0 Å². The summed E-state index contributed by atoms with van der Waals surface area (Å²) in [7, 11) is 0. The van der Waals surface area contributed by atoms with Crippen molar-refractivity contribution in [2.24, 2.45) is 0 Å².